The Kier molecular flexibility index (Phi) is 4.45. The van der Waals surface area contributed by atoms with Crippen LogP contribution in [0.2, 0.25) is 0 Å². The third-order valence-electron chi connectivity index (χ3n) is 2.77. The molecular weight excluding hydrogens is 262 g/mol. The number of nitrogens with one attached hydrogen (secondary N) is 1. The smallest absolute Gasteiger partial charge is 0.224 e. The van der Waals surface area contributed by atoms with Crippen molar-refractivity contribution >= 4 is 17.5 Å². The normalized spacial score (nSPS) is 10.4. The van der Waals surface area contributed by atoms with Gasteiger partial charge in [0, 0.05) is 19.3 Å². The molecular formula is C14H16F2N4. The standard InChI is InChI=1S/C14H16F2N4/c1-3-7-17-14-18-9-12(16)13(19-14)20(2)11-6-4-5-10(15)8-11/h4-6,8-9H,3,7H2,1-2H3,(H,17,18,19). The van der Waals surface area contributed by atoms with Gasteiger partial charge in [-0.1, -0.05) is 13.0 Å². The van der Waals surface area contributed by atoms with Crippen LogP contribution in [-0.2, 0) is 0 Å². The summed E-state index contributed by atoms with van der Waals surface area (Å²) >= 11 is 0. The molecule has 0 bridgehead atoms. The van der Waals surface area contributed by atoms with E-state index in [1.165, 1.54) is 17.0 Å². The Morgan fingerprint density at radius 2 is 2.10 bits per heavy atom. The number of hydrogen-bond donors (Lipinski definition) is 1. The molecule has 0 saturated carbocycles. The fourth-order valence-corrected chi connectivity index (χ4v) is 1.72. The van der Waals surface area contributed by atoms with Crippen LogP contribution in [-0.4, -0.2) is 23.6 Å². The summed E-state index contributed by atoms with van der Waals surface area (Å²) in [6, 6.07) is 5.91. The van der Waals surface area contributed by atoms with Gasteiger partial charge in [-0.25, -0.2) is 13.8 Å². The molecule has 106 valence electrons. The van der Waals surface area contributed by atoms with Crippen LogP contribution in [0.4, 0.5) is 26.2 Å². The molecule has 2 rings (SSSR count). The van der Waals surface area contributed by atoms with Gasteiger partial charge in [-0.2, -0.15) is 4.98 Å². The van der Waals surface area contributed by atoms with Gasteiger partial charge in [0.25, 0.3) is 0 Å². The monoisotopic (exact) mass is 278 g/mol. The second-order valence-electron chi connectivity index (χ2n) is 4.33. The topological polar surface area (TPSA) is 41.1 Å². The summed E-state index contributed by atoms with van der Waals surface area (Å²) in [6.07, 6.45) is 2.02. The zero-order chi connectivity index (χ0) is 14.5. The van der Waals surface area contributed by atoms with Gasteiger partial charge < -0.3 is 10.2 Å². The minimum absolute atomic E-state index is 0.101. The van der Waals surface area contributed by atoms with E-state index in [0.717, 1.165) is 12.6 Å². The highest BCUT2D eigenvalue weighted by atomic mass is 19.1. The summed E-state index contributed by atoms with van der Waals surface area (Å²) < 4.78 is 27.1. The first kappa shape index (κ1) is 14.2. The van der Waals surface area contributed by atoms with E-state index in [0.29, 0.717) is 18.2 Å². The average Bonchev–Trinajstić information content (AvgIpc) is 2.45. The van der Waals surface area contributed by atoms with E-state index < -0.39 is 5.82 Å². The lowest BCUT2D eigenvalue weighted by Crippen LogP contribution is -2.15. The van der Waals surface area contributed by atoms with E-state index in [4.69, 9.17) is 0 Å². The lowest BCUT2D eigenvalue weighted by Gasteiger charge is -2.19. The highest BCUT2D eigenvalue weighted by molar-refractivity contribution is 5.60. The van der Waals surface area contributed by atoms with E-state index in [1.807, 2.05) is 6.92 Å². The molecule has 0 radical (unpaired) electrons. The largest absolute Gasteiger partial charge is 0.354 e. The number of benzene rings is 1. The fraction of sp³-hybridized carbons (Fsp3) is 0.286. The van der Waals surface area contributed by atoms with Crippen molar-refractivity contribution < 1.29 is 8.78 Å². The Labute approximate surface area is 116 Å². The first-order valence-corrected chi connectivity index (χ1v) is 6.37. The van der Waals surface area contributed by atoms with Crippen molar-refractivity contribution in [2.24, 2.45) is 0 Å². The summed E-state index contributed by atoms with van der Waals surface area (Å²) in [7, 11) is 1.63. The number of nitrogens with zero attached hydrogens (tertiary/aromatic N) is 3. The maximum atomic E-state index is 13.8. The van der Waals surface area contributed by atoms with Crippen molar-refractivity contribution in [3.8, 4) is 0 Å². The van der Waals surface area contributed by atoms with Crippen LogP contribution >= 0.6 is 0 Å². The van der Waals surface area contributed by atoms with Gasteiger partial charge in [-0.15, -0.1) is 0 Å². The van der Waals surface area contributed by atoms with Crippen LogP contribution in [0.5, 0.6) is 0 Å². The molecule has 0 atom stereocenters. The molecule has 0 fully saturated rings. The molecule has 0 unspecified atom stereocenters. The second kappa shape index (κ2) is 6.27. The molecule has 6 heteroatoms. The van der Waals surface area contributed by atoms with E-state index in [1.54, 1.807) is 19.2 Å². The third-order valence-corrected chi connectivity index (χ3v) is 2.77. The van der Waals surface area contributed by atoms with Gasteiger partial charge in [0.15, 0.2) is 11.6 Å². The number of anilines is 3. The Morgan fingerprint density at radius 3 is 2.80 bits per heavy atom. The molecule has 1 aromatic carbocycles. The maximum Gasteiger partial charge on any atom is 0.224 e. The van der Waals surface area contributed by atoms with Crippen molar-refractivity contribution in [2.75, 3.05) is 23.8 Å². The number of rotatable bonds is 5. The molecule has 2 aromatic rings. The molecule has 0 aliphatic carbocycles. The molecule has 0 aliphatic heterocycles. The molecule has 0 saturated heterocycles. The van der Waals surface area contributed by atoms with Crippen LogP contribution < -0.4 is 10.2 Å². The maximum absolute atomic E-state index is 13.8. The zero-order valence-electron chi connectivity index (χ0n) is 11.4. The third kappa shape index (κ3) is 3.20. The van der Waals surface area contributed by atoms with Gasteiger partial charge >= 0.3 is 0 Å². The average molecular weight is 278 g/mol. The molecule has 0 aliphatic rings. The first-order valence-electron chi connectivity index (χ1n) is 6.37. The Balaban J connectivity index is 2.30. The number of aromatic nitrogens is 2. The van der Waals surface area contributed by atoms with Crippen molar-refractivity contribution in [1.29, 1.82) is 0 Å². The van der Waals surface area contributed by atoms with Crippen LogP contribution in [0.3, 0.4) is 0 Å². The van der Waals surface area contributed by atoms with Crippen LogP contribution in [0, 0.1) is 11.6 Å². The van der Waals surface area contributed by atoms with Crippen LogP contribution in [0.25, 0.3) is 0 Å². The molecule has 1 N–H and O–H groups in total. The molecule has 0 spiro atoms. The number of hydrogen-bond acceptors (Lipinski definition) is 4. The van der Waals surface area contributed by atoms with Crippen molar-refractivity contribution in [2.45, 2.75) is 13.3 Å². The highest BCUT2D eigenvalue weighted by Crippen LogP contribution is 2.25. The summed E-state index contributed by atoms with van der Waals surface area (Å²) in [5.41, 5.74) is 0.518. The summed E-state index contributed by atoms with van der Waals surface area (Å²) in [4.78, 5) is 9.48. The van der Waals surface area contributed by atoms with Crippen molar-refractivity contribution in [3.63, 3.8) is 0 Å². The van der Waals surface area contributed by atoms with Gasteiger partial charge in [-0.3, -0.25) is 0 Å². The quantitative estimate of drug-likeness (QED) is 0.910. The summed E-state index contributed by atoms with van der Waals surface area (Å²) in [5, 5.41) is 2.99. The Hall–Kier alpha value is -2.24. The van der Waals surface area contributed by atoms with Crippen molar-refractivity contribution in [3.05, 3.63) is 42.1 Å². The minimum atomic E-state index is -0.557. The molecule has 1 heterocycles. The van der Waals surface area contributed by atoms with Crippen LogP contribution in [0.1, 0.15) is 13.3 Å². The van der Waals surface area contributed by atoms with Crippen molar-refractivity contribution in [1.82, 2.24) is 9.97 Å². The predicted octanol–water partition coefficient (Wildman–Crippen LogP) is 3.34. The van der Waals surface area contributed by atoms with Gasteiger partial charge in [0.05, 0.1) is 6.20 Å². The van der Waals surface area contributed by atoms with Crippen LogP contribution in [0.15, 0.2) is 30.5 Å². The van der Waals surface area contributed by atoms with Gasteiger partial charge in [0.2, 0.25) is 5.95 Å². The lowest BCUT2D eigenvalue weighted by atomic mass is 10.3. The zero-order valence-corrected chi connectivity index (χ0v) is 11.4. The fourth-order valence-electron chi connectivity index (χ4n) is 1.72. The Bertz CT molecular complexity index is 589. The molecule has 20 heavy (non-hydrogen) atoms. The highest BCUT2D eigenvalue weighted by Gasteiger charge is 2.13. The van der Waals surface area contributed by atoms with Gasteiger partial charge in [-0.05, 0) is 24.6 Å². The second-order valence-corrected chi connectivity index (χ2v) is 4.33. The predicted molar refractivity (Wildman–Crippen MR) is 75.2 cm³/mol. The molecule has 1 aromatic heterocycles. The lowest BCUT2D eigenvalue weighted by molar-refractivity contribution is 0.612. The van der Waals surface area contributed by atoms with E-state index in [-0.39, 0.29) is 11.6 Å². The first-order chi connectivity index (χ1) is 9.61. The van der Waals surface area contributed by atoms with E-state index >= 15 is 0 Å². The molecule has 0 amide bonds. The molecule has 4 nitrogen and oxygen atoms in total. The number of halogens is 2. The Morgan fingerprint density at radius 1 is 1.30 bits per heavy atom. The summed E-state index contributed by atoms with van der Waals surface area (Å²) in [5.74, 6) is -0.484. The van der Waals surface area contributed by atoms with E-state index in [9.17, 15) is 8.78 Å². The van der Waals surface area contributed by atoms with Gasteiger partial charge in [0.1, 0.15) is 5.82 Å². The van der Waals surface area contributed by atoms with E-state index in [2.05, 4.69) is 15.3 Å². The minimum Gasteiger partial charge on any atom is -0.354 e. The summed E-state index contributed by atoms with van der Waals surface area (Å²) in [6.45, 7) is 2.71. The SMILES string of the molecule is CCCNc1ncc(F)c(N(C)c2cccc(F)c2)n1.